The van der Waals surface area contributed by atoms with Gasteiger partial charge in [-0.15, -0.1) is 0 Å². The van der Waals surface area contributed by atoms with E-state index in [1.54, 1.807) is 6.08 Å². The fourth-order valence-corrected chi connectivity index (χ4v) is 3.61. The molecule has 1 aliphatic rings. The first-order chi connectivity index (χ1) is 12.1. The Bertz CT molecular complexity index is 1140. The van der Waals surface area contributed by atoms with E-state index in [9.17, 15) is 9.90 Å². The maximum atomic E-state index is 11.3. The molecule has 2 heterocycles. The Morgan fingerprint density at radius 2 is 2.00 bits per heavy atom. The molecule has 0 radical (unpaired) electrons. The van der Waals surface area contributed by atoms with Gasteiger partial charge in [0.2, 0.25) is 5.88 Å². The lowest BCUT2D eigenvalue weighted by molar-refractivity contribution is 0.455. The molecule has 4 rings (SSSR count). The number of aliphatic imine (C=N–C) groups is 1. The zero-order valence-corrected chi connectivity index (χ0v) is 14.4. The Morgan fingerprint density at radius 3 is 2.72 bits per heavy atom. The molecule has 25 heavy (non-hydrogen) atoms. The minimum atomic E-state index is -0.268. The van der Waals surface area contributed by atoms with Crippen LogP contribution in [-0.2, 0) is 0 Å². The number of H-pyrrole nitrogens is 1. The molecular weight excluding hydrogens is 332 g/mol. The summed E-state index contributed by atoms with van der Waals surface area (Å²) in [6, 6.07) is 16.3. The monoisotopic (exact) mass is 348 g/mol. The molecule has 2 aromatic carbocycles. The maximum Gasteiger partial charge on any atom is 0.307 e. The predicted molar refractivity (Wildman–Crippen MR) is 102 cm³/mol. The van der Waals surface area contributed by atoms with Crippen LogP contribution in [0.5, 0.6) is 5.88 Å². The smallest absolute Gasteiger partial charge is 0.307 e. The van der Waals surface area contributed by atoms with Crippen LogP contribution >= 0.6 is 11.3 Å². The average molecular weight is 348 g/mol. The second-order valence-electron chi connectivity index (χ2n) is 6.00. The lowest BCUT2D eigenvalue weighted by atomic mass is 9.96. The molecule has 0 bridgehead atoms. The standard InChI is InChI=1S/C20H16N2O2S/c1-12(14-5-3-2-4-6-14)16-11-15-8-7-13(9-17(15)21-16)10-18-19(23)22-20(24)25-18/h2-12,23H,1H3,(H,22,24). The number of rotatable bonds is 3. The molecule has 1 unspecified atom stereocenters. The number of thiazole rings is 1. The van der Waals surface area contributed by atoms with Crippen LogP contribution in [0.1, 0.15) is 23.3 Å². The number of hydrogen-bond acceptors (Lipinski definition) is 4. The second kappa shape index (κ2) is 6.18. The summed E-state index contributed by atoms with van der Waals surface area (Å²) in [4.78, 5) is 18.7. The summed E-state index contributed by atoms with van der Waals surface area (Å²) in [7, 11) is 0. The van der Waals surface area contributed by atoms with Crippen LogP contribution < -0.4 is 15.3 Å². The molecule has 0 saturated carbocycles. The summed E-state index contributed by atoms with van der Waals surface area (Å²) in [6.45, 7) is 2.15. The van der Waals surface area contributed by atoms with Crippen molar-refractivity contribution in [1.29, 1.82) is 0 Å². The Hall–Kier alpha value is -2.92. The molecule has 0 fully saturated rings. The van der Waals surface area contributed by atoms with E-state index in [2.05, 4.69) is 30.1 Å². The number of hydrogen-bond donors (Lipinski definition) is 2. The molecule has 5 heteroatoms. The predicted octanol–water partition coefficient (Wildman–Crippen LogP) is 2.64. The van der Waals surface area contributed by atoms with E-state index in [1.807, 2.05) is 36.4 Å². The van der Waals surface area contributed by atoms with Gasteiger partial charge in [-0.05, 0) is 29.0 Å². The number of aromatic hydroxyl groups is 1. The second-order valence-corrected chi connectivity index (χ2v) is 7.02. The van der Waals surface area contributed by atoms with Gasteiger partial charge in [-0.3, -0.25) is 14.8 Å². The van der Waals surface area contributed by atoms with Gasteiger partial charge in [-0.1, -0.05) is 60.7 Å². The van der Waals surface area contributed by atoms with Gasteiger partial charge >= 0.3 is 4.87 Å². The quantitative estimate of drug-likeness (QED) is 0.764. The van der Waals surface area contributed by atoms with Crippen LogP contribution in [0.3, 0.4) is 0 Å². The van der Waals surface area contributed by atoms with Crippen molar-refractivity contribution >= 4 is 34.9 Å². The summed E-state index contributed by atoms with van der Waals surface area (Å²) in [5.41, 5.74) is 3.18. The van der Waals surface area contributed by atoms with Crippen molar-refractivity contribution < 1.29 is 5.11 Å². The molecule has 0 amide bonds. The van der Waals surface area contributed by atoms with E-state index in [0.717, 1.165) is 33.2 Å². The number of nitrogens with zero attached hydrogens (tertiary/aromatic N) is 1. The van der Waals surface area contributed by atoms with E-state index in [-0.39, 0.29) is 16.7 Å². The lowest BCUT2D eigenvalue weighted by Crippen LogP contribution is -2.08. The molecular formula is C20H16N2O2S. The number of benzene rings is 2. The van der Waals surface area contributed by atoms with Gasteiger partial charge in [0.1, 0.15) is 0 Å². The van der Waals surface area contributed by atoms with Gasteiger partial charge in [0.05, 0.1) is 10.6 Å². The van der Waals surface area contributed by atoms with Gasteiger partial charge in [-0.2, -0.15) is 0 Å². The molecule has 2 N–H and O–H groups in total. The summed E-state index contributed by atoms with van der Waals surface area (Å²) >= 11 is 0.985. The molecule has 1 aliphatic heterocycles. The highest BCUT2D eigenvalue weighted by molar-refractivity contribution is 7.10. The number of aromatic nitrogens is 1. The Balaban J connectivity index is 1.71. The van der Waals surface area contributed by atoms with Crippen LogP contribution in [0.15, 0.2) is 58.3 Å². The number of nitrogens with one attached hydrogen (secondary N) is 1. The minimum absolute atomic E-state index is 0.0936. The molecule has 1 atom stereocenters. The van der Waals surface area contributed by atoms with E-state index < -0.39 is 0 Å². The first-order valence-corrected chi connectivity index (χ1v) is 8.81. The highest BCUT2D eigenvalue weighted by Crippen LogP contribution is 2.22. The Kier molecular flexibility index (Phi) is 3.86. The Labute approximate surface area is 148 Å². The van der Waals surface area contributed by atoms with Crippen molar-refractivity contribution in [3.05, 3.63) is 79.1 Å². The molecule has 0 aliphatic carbocycles. The molecule has 1 aromatic heterocycles. The van der Waals surface area contributed by atoms with E-state index in [4.69, 9.17) is 4.99 Å². The third-order valence-corrected chi connectivity index (χ3v) is 5.12. The van der Waals surface area contributed by atoms with Crippen molar-refractivity contribution in [2.24, 2.45) is 4.99 Å². The number of fused-ring (bicyclic) bond motifs is 1. The summed E-state index contributed by atoms with van der Waals surface area (Å²) < 4.78 is 0. The van der Waals surface area contributed by atoms with E-state index in [0.29, 0.717) is 4.88 Å². The van der Waals surface area contributed by atoms with E-state index in [1.165, 1.54) is 5.56 Å². The normalized spacial score (nSPS) is 14.8. The summed E-state index contributed by atoms with van der Waals surface area (Å²) in [5, 5.41) is 11.7. The van der Waals surface area contributed by atoms with Gasteiger partial charge in [0.15, 0.2) is 0 Å². The lowest BCUT2D eigenvalue weighted by Gasteiger charge is -2.09. The molecule has 124 valence electrons. The van der Waals surface area contributed by atoms with Gasteiger partial charge in [0, 0.05) is 16.8 Å². The highest BCUT2D eigenvalue weighted by atomic mass is 32.1. The third kappa shape index (κ3) is 3.06. The fourth-order valence-electron chi connectivity index (χ4n) is 2.92. The maximum absolute atomic E-state index is 11.3. The van der Waals surface area contributed by atoms with Crippen LogP contribution in [0.4, 0.5) is 5.69 Å². The molecule has 4 nitrogen and oxygen atoms in total. The van der Waals surface area contributed by atoms with Crippen LogP contribution in [0.2, 0.25) is 0 Å². The average Bonchev–Trinajstić information content (AvgIpc) is 3.17. The van der Waals surface area contributed by atoms with Crippen molar-refractivity contribution in [2.45, 2.75) is 12.8 Å². The van der Waals surface area contributed by atoms with Crippen molar-refractivity contribution in [3.63, 3.8) is 0 Å². The minimum Gasteiger partial charge on any atom is -0.493 e. The van der Waals surface area contributed by atoms with Crippen molar-refractivity contribution in [2.75, 3.05) is 0 Å². The van der Waals surface area contributed by atoms with Crippen LogP contribution in [-0.4, -0.2) is 15.8 Å². The van der Waals surface area contributed by atoms with Crippen LogP contribution in [0, 0.1) is 0 Å². The molecule has 3 aromatic rings. The summed E-state index contributed by atoms with van der Waals surface area (Å²) in [5.74, 6) is 0.129. The van der Waals surface area contributed by atoms with Gasteiger partial charge < -0.3 is 5.11 Å². The first-order valence-electron chi connectivity index (χ1n) is 7.99. The third-order valence-electron chi connectivity index (χ3n) is 4.30. The SMILES string of the molecule is CC(C1=Nc2cc(=Cc3sc(=O)[nH]c3O)ccc2=C1)c1ccccc1. The zero-order valence-electron chi connectivity index (χ0n) is 13.6. The van der Waals surface area contributed by atoms with Gasteiger partial charge in [-0.25, -0.2) is 0 Å². The van der Waals surface area contributed by atoms with Crippen LogP contribution in [0.25, 0.3) is 12.2 Å². The first kappa shape index (κ1) is 15.6. The molecule has 0 spiro atoms. The number of aromatic amines is 1. The molecule has 0 saturated heterocycles. The summed E-state index contributed by atoms with van der Waals surface area (Å²) in [6.07, 6.45) is 3.90. The van der Waals surface area contributed by atoms with Crippen molar-refractivity contribution in [1.82, 2.24) is 4.98 Å². The van der Waals surface area contributed by atoms with Gasteiger partial charge in [0.25, 0.3) is 0 Å². The highest BCUT2D eigenvalue weighted by Gasteiger charge is 2.15. The van der Waals surface area contributed by atoms with E-state index >= 15 is 0 Å². The topological polar surface area (TPSA) is 65.5 Å². The largest absolute Gasteiger partial charge is 0.493 e. The zero-order chi connectivity index (χ0) is 17.4. The fraction of sp³-hybridized carbons (Fsp3) is 0.100. The Morgan fingerprint density at radius 1 is 1.20 bits per heavy atom. The van der Waals surface area contributed by atoms with Crippen molar-refractivity contribution in [3.8, 4) is 5.88 Å².